The number of rotatable bonds is 7. The van der Waals surface area contributed by atoms with Gasteiger partial charge in [-0.15, -0.1) is 0 Å². The van der Waals surface area contributed by atoms with Gasteiger partial charge in [-0.05, 0) is 24.0 Å². The normalized spacial score (nSPS) is 14.5. The quantitative estimate of drug-likeness (QED) is 0.673. The van der Waals surface area contributed by atoms with Crippen molar-refractivity contribution >= 4 is 5.91 Å². The molecule has 1 amide bonds. The molecular formula is C14H20N2O2. The molecule has 4 nitrogen and oxygen atoms in total. The van der Waals surface area contributed by atoms with Crippen LogP contribution < -0.4 is 10.6 Å². The van der Waals surface area contributed by atoms with Gasteiger partial charge in [0, 0.05) is 25.6 Å². The van der Waals surface area contributed by atoms with E-state index < -0.39 is 0 Å². The van der Waals surface area contributed by atoms with Gasteiger partial charge in [0.05, 0.1) is 6.61 Å². The lowest BCUT2D eigenvalue weighted by Gasteiger charge is -2.06. The zero-order chi connectivity index (χ0) is 12.8. The fraction of sp³-hybridized carbons (Fsp3) is 0.500. The van der Waals surface area contributed by atoms with Crippen LogP contribution in [0, 0.1) is 0 Å². The number of aliphatic hydroxyl groups excluding tert-OH is 1. The van der Waals surface area contributed by atoms with E-state index in [1.807, 2.05) is 24.3 Å². The van der Waals surface area contributed by atoms with E-state index in [1.165, 1.54) is 12.8 Å². The maximum Gasteiger partial charge on any atom is 0.221 e. The van der Waals surface area contributed by atoms with Gasteiger partial charge in [0.2, 0.25) is 5.91 Å². The first-order valence-electron chi connectivity index (χ1n) is 6.46. The van der Waals surface area contributed by atoms with Crippen LogP contribution in [0.3, 0.4) is 0 Å². The van der Waals surface area contributed by atoms with E-state index >= 15 is 0 Å². The van der Waals surface area contributed by atoms with Crippen LogP contribution >= 0.6 is 0 Å². The van der Waals surface area contributed by atoms with Crippen LogP contribution in [0.2, 0.25) is 0 Å². The Kier molecular flexibility index (Phi) is 4.73. The Morgan fingerprint density at radius 1 is 1.22 bits per heavy atom. The van der Waals surface area contributed by atoms with Crippen LogP contribution in [0.4, 0.5) is 0 Å². The van der Waals surface area contributed by atoms with Crippen molar-refractivity contribution in [1.29, 1.82) is 0 Å². The molecule has 0 spiro atoms. The van der Waals surface area contributed by atoms with Gasteiger partial charge < -0.3 is 15.7 Å². The number of hydrogen-bond donors (Lipinski definition) is 3. The average Bonchev–Trinajstić information content (AvgIpc) is 3.21. The average molecular weight is 248 g/mol. The molecule has 0 saturated heterocycles. The van der Waals surface area contributed by atoms with Crippen LogP contribution in [0.25, 0.3) is 0 Å². The summed E-state index contributed by atoms with van der Waals surface area (Å²) in [5.74, 6) is 0.0781. The molecule has 1 saturated carbocycles. The number of aliphatic hydroxyl groups is 1. The predicted molar refractivity (Wildman–Crippen MR) is 69.9 cm³/mol. The van der Waals surface area contributed by atoms with Crippen molar-refractivity contribution in [3.8, 4) is 0 Å². The minimum atomic E-state index is 0.0550. The van der Waals surface area contributed by atoms with Crippen LogP contribution in [0.1, 0.15) is 30.4 Å². The van der Waals surface area contributed by atoms with Crippen molar-refractivity contribution in [1.82, 2.24) is 10.6 Å². The third kappa shape index (κ3) is 4.47. The second kappa shape index (κ2) is 6.52. The molecule has 1 aromatic rings. The van der Waals surface area contributed by atoms with Gasteiger partial charge in [-0.3, -0.25) is 4.79 Å². The number of carbonyl (C=O) groups excluding carboxylic acids is 1. The molecule has 1 aliphatic carbocycles. The second-order valence-corrected chi connectivity index (χ2v) is 4.73. The van der Waals surface area contributed by atoms with E-state index in [-0.39, 0.29) is 12.5 Å². The highest BCUT2D eigenvalue weighted by Gasteiger charge is 2.19. The zero-order valence-corrected chi connectivity index (χ0v) is 10.5. The van der Waals surface area contributed by atoms with E-state index in [4.69, 9.17) is 5.11 Å². The van der Waals surface area contributed by atoms with E-state index in [2.05, 4.69) is 10.6 Å². The zero-order valence-electron chi connectivity index (χ0n) is 10.5. The number of nitrogens with one attached hydrogen (secondary N) is 2. The molecule has 0 unspecified atom stereocenters. The minimum Gasteiger partial charge on any atom is -0.392 e. The maximum absolute atomic E-state index is 11.6. The SMILES string of the molecule is O=C(CCNC1CC1)NCc1ccc(CO)cc1. The summed E-state index contributed by atoms with van der Waals surface area (Å²) in [6, 6.07) is 8.25. The number of benzene rings is 1. The van der Waals surface area contributed by atoms with Crippen LogP contribution in [-0.2, 0) is 17.9 Å². The van der Waals surface area contributed by atoms with Gasteiger partial charge in [-0.1, -0.05) is 24.3 Å². The van der Waals surface area contributed by atoms with Crippen molar-refractivity contribution < 1.29 is 9.90 Å². The highest BCUT2D eigenvalue weighted by Crippen LogP contribution is 2.18. The van der Waals surface area contributed by atoms with Crippen molar-refractivity contribution in [3.05, 3.63) is 35.4 Å². The molecule has 18 heavy (non-hydrogen) atoms. The van der Waals surface area contributed by atoms with Crippen LogP contribution in [0.15, 0.2) is 24.3 Å². The Bertz CT molecular complexity index is 385. The Hall–Kier alpha value is -1.39. The highest BCUT2D eigenvalue weighted by atomic mass is 16.3. The van der Waals surface area contributed by atoms with Crippen LogP contribution in [-0.4, -0.2) is 23.6 Å². The van der Waals surface area contributed by atoms with Gasteiger partial charge in [-0.2, -0.15) is 0 Å². The summed E-state index contributed by atoms with van der Waals surface area (Å²) < 4.78 is 0. The molecular weight excluding hydrogens is 228 g/mol. The summed E-state index contributed by atoms with van der Waals surface area (Å²) in [6.07, 6.45) is 3.03. The number of hydrogen-bond acceptors (Lipinski definition) is 3. The molecule has 98 valence electrons. The van der Waals surface area contributed by atoms with Gasteiger partial charge in [0.25, 0.3) is 0 Å². The summed E-state index contributed by atoms with van der Waals surface area (Å²) in [4.78, 5) is 11.6. The first kappa shape index (κ1) is 13.1. The van der Waals surface area contributed by atoms with Gasteiger partial charge >= 0.3 is 0 Å². The van der Waals surface area contributed by atoms with Crippen molar-refractivity contribution in [3.63, 3.8) is 0 Å². The summed E-state index contributed by atoms with van der Waals surface area (Å²) in [5.41, 5.74) is 1.94. The Morgan fingerprint density at radius 2 is 1.89 bits per heavy atom. The molecule has 1 fully saturated rings. The summed E-state index contributed by atoms with van der Waals surface area (Å²) in [7, 11) is 0. The monoisotopic (exact) mass is 248 g/mol. The molecule has 0 aliphatic heterocycles. The lowest BCUT2D eigenvalue weighted by Crippen LogP contribution is -2.28. The fourth-order valence-electron chi connectivity index (χ4n) is 1.73. The molecule has 1 aromatic carbocycles. The third-order valence-electron chi connectivity index (χ3n) is 3.06. The molecule has 0 heterocycles. The molecule has 3 N–H and O–H groups in total. The molecule has 0 aromatic heterocycles. The smallest absolute Gasteiger partial charge is 0.221 e. The van der Waals surface area contributed by atoms with Gasteiger partial charge in [0.15, 0.2) is 0 Å². The summed E-state index contributed by atoms with van der Waals surface area (Å²) >= 11 is 0. The Labute approximate surface area is 107 Å². The first-order chi connectivity index (χ1) is 8.78. The lowest BCUT2D eigenvalue weighted by atomic mass is 10.1. The molecule has 2 rings (SSSR count). The summed E-state index contributed by atoms with van der Waals surface area (Å²) in [5, 5.41) is 15.1. The topological polar surface area (TPSA) is 61.4 Å². The van der Waals surface area contributed by atoms with E-state index in [9.17, 15) is 4.79 Å². The minimum absolute atomic E-state index is 0.0550. The number of carbonyl (C=O) groups is 1. The van der Waals surface area contributed by atoms with Crippen LogP contribution in [0.5, 0.6) is 0 Å². The van der Waals surface area contributed by atoms with Crippen molar-refractivity contribution in [2.75, 3.05) is 6.54 Å². The lowest BCUT2D eigenvalue weighted by molar-refractivity contribution is -0.121. The molecule has 0 atom stereocenters. The third-order valence-corrected chi connectivity index (χ3v) is 3.06. The molecule has 0 radical (unpaired) electrons. The Balaban J connectivity index is 1.64. The second-order valence-electron chi connectivity index (χ2n) is 4.73. The molecule has 1 aliphatic rings. The van der Waals surface area contributed by atoms with E-state index in [0.29, 0.717) is 19.0 Å². The predicted octanol–water partition coefficient (Wildman–Crippen LogP) is 0.937. The van der Waals surface area contributed by atoms with Gasteiger partial charge in [-0.25, -0.2) is 0 Å². The first-order valence-corrected chi connectivity index (χ1v) is 6.46. The van der Waals surface area contributed by atoms with E-state index in [1.54, 1.807) is 0 Å². The number of amides is 1. The summed E-state index contributed by atoms with van der Waals surface area (Å²) in [6.45, 7) is 1.37. The highest BCUT2D eigenvalue weighted by molar-refractivity contribution is 5.76. The molecule has 4 heteroatoms. The van der Waals surface area contributed by atoms with Crippen molar-refractivity contribution in [2.45, 2.75) is 38.5 Å². The van der Waals surface area contributed by atoms with E-state index in [0.717, 1.165) is 17.7 Å². The van der Waals surface area contributed by atoms with Gasteiger partial charge in [0.1, 0.15) is 0 Å². The maximum atomic E-state index is 11.6. The standard InChI is InChI=1S/C14H20N2O2/c17-10-12-3-1-11(2-4-12)9-16-14(18)7-8-15-13-5-6-13/h1-4,13,15,17H,5-10H2,(H,16,18). The molecule has 0 bridgehead atoms. The fourth-order valence-corrected chi connectivity index (χ4v) is 1.73. The largest absolute Gasteiger partial charge is 0.392 e. The Morgan fingerprint density at radius 3 is 2.50 bits per heavy atom. The van der Waals surface area contributed by atoms with Crippen molar-refractivity contribution in [2.24, 2.45) is 0 Å².